The van der Waals surface area contributed by atoms with E-state index >= 15 is 0 Å². The normalized spacial score (nSPS) is 24.1. The Bertz CT molecular complexity index is 675. The average Bonchev–Trinajstić information content (AvgIpc) is 3.08. The van der Waals surface area contributed by atoms with E-state index in [9.17, 15) is 0 Å². The van der Waals surface area contributed by atoms with Crippen molar-refractivity contribution in [2.24, 2.45) is 5.92 Å². The van der Waals surface area contributed by atoms with E-state index in [2.05, 4.69) is 56.3 Å². The molecule has 0 aliphatic heterocycles. The van der Waals surface area contributed by atoms with Crippen LogP contribution in [0.2, 0.25) is 0 Å². The summed E-state index contributed by atoms with van der Waals surface area (Å²) in [6.07, 6.45) is 9.31. The first kappa shape index (κ1) is 11.0. The highest BCUT2D eigenvalue weighted by Crippen LogP contribution is 2.52. The predicted octanol–water partition coefficient (Wildman–Crippen LogP) is 4.98. The molecule has 0 aromatic heterocycles. The van der Waals surface area contributed by atoms with Crippen LogP contribution in [-0.2, 0) is 0 Å². The van der Waals surface area contributed by atoms with Crippen LogP contribution < -0.4 is 0 Å². The van der Waals surface area contributed by atoms with Crippen molar-refractivity contribution in [2.75, 3.05) is 0 Å². The molecule has 1 aromatic carbocycles. The number of aryl methyl sites for hydroxylation is 1. The second-order valence-corrected chi connectivity index (χ2v) is 5.85. The summed E-state index contributed by atoms with van der Waals surface area (Å²) in [5.74, 6) is 0.607. The lowest BCUT2D eigenvalue weighted by atomic mass is 9.90. The number of benzene rings is 1. The molecule has 0 saturated heterocycles. The van der Waals surface area contributed by atoms with Crippen molar-refractivity contribution < 1.29 is 0 Å². The second-order valence-electron chi connectivity index (χ2n) is 5.85. The van der Waals surface area contributed by atoms with Crippen LogP contribution in [0.1, 0.15) is 30.9 Å². The third-order valence-electron chi connectivity index (χ3n) is 4.74. The van der Waals surface area contributed by atoms with Gasteiger partial charge in [-0.3, -0.25) is 0 Å². The Hall–Kier alpha value is -1.82. The Morgan fingerprint density at radius 1 is 1.05 bits per heavy atom. The zero-order valence-corrected chi connectivity index (χ0v) is 11.5. The number of rotatable bonds is 1. The first-order valence-electron chi connectivity index (χ1n) is 7.16. The van der Waals surface area contributed by atoms with Gasteiger partial charge in [-0.15, -0.1) is 0 Å². The van der Waals surface area contributed by atoms with Crippen molar-refractivity contribution in [2.45, 2.75) is 26.7 Å². The first-order chi connectivity index (χ1) is 9.25. The smallest absolute Gasteiger partial charge is 0.00412 e. The molecule has 1 aromatic rings. The molecule has 3 aliphatic carbocycles. The van der Waals surface area contributed by atoms with Crippen LogP contribution in [0.25, 0.3) is 5.57 Å². The van der Waals surface area contributed by atoms with Crippen LogP contribution in [0, 0.1) is 12.8 Å². The average molecular weight is 246 g/mol. The Morgan fingerprint density at radius 2 is 1.84 bits per heavy atom. The maximum absolute atomic E-state index is 2.43. The molecule has 94 valence electrons. The molecule has 4 rings (SSSR count). The maximum atomic E-state index is 2.43. The fourth-order valence-corrected chi connectivity index (χ4v) is 3.73. The van der Waals surface area contributed by atoms with Crippen molar-refractivity contribution in [3.05, 3.63) is 75.9 Å². The van der Waals surface area contributed by atoms with Crippen molar-refractivity contribution in [3.63, 3.8) is 0 Å². The minimum absolute atomic E-state index is 0.607. The molecule has 1 atom stereocenters. The molecule has 0 heteroatoms. The van der Waals surface area contributed by atoms with Crippen LogP contribution in [0.3, 0.4) is 0 Å². The van der Waals surface area contributed by atoms with E-state index in [1.165, 1.54) is 22.3 Å². The molecular formula is C19H18. The zero-order valence-electron chi connectivity index (χ0n) is 11.5. The van der Waals surface area contributed by atoms with Gasteiger partial charge in [0.15, 0.2) is 0 Å². The monoisotopic (exact) mass is 246 g/mol. The van der Waals surface area contributed by atoms with E-state index in [-0.39, 0.29) is 0 Å². The summed E-state index contributed by atoms with van der Waals surface area (Å²) in [5.41, 5.74) is 10.6. The van der Waals surface area contributed by atoms with Crippen LogP contribution in [-0.4, -0.2) is 0 Å². The summed E-state index contributed by atoms with van der Waals surface area (Å²) in [7, 11) is 0. The molecule has 19 heavy (non-hydrogen) atoms. The Kier molecular flexibility index (Phi) is 2.23. The molecule has 0 radical (unpaired) electrons. The molecule has 0 bridgehead atoms. The SMILES string of the molecule is Cc1ccc(C2=C3C(=CC2)C2=C(CC=C2)C3C)cc1. The van der Waals surface area contributed by atoms with Crippen molar-refractivity contribution in [1.82, 2.24) is 0 Å². The minimum atomic E-state index is 0.607. The van der Waals surface area contributed by atoms with Gasteiger partial charge in [0.05, 0.1) is 0 Å². The quantitative estimate of drug-likeness (QED) is 0.655. The highest BCUT2D eigenvalue weighted by atomic mass is 14.4. The van der Waals surface area contributed by atoms with Gasteiger partial charge in [0.2, 0.25) is 0 Å². The first-order valence-corrected chi connectivity index (χ1v) is 7.16. The van der Waals surface area contributed by atoms with E-state index in [0.29, 0.717) is 5.92 Å². The van der Waals surface area contributed by atoms with Crippen molar-refractivity contribution in [1.29, 1.82) is 0 Å². The van der Waals surface area contributed by atoms with Gasteiger partial charge < -0.3 is 0 Å². The van der Waals surface area contributed by atoms with E-state index in [1.54, 1.807) is 16.7 Å². The Labute approximate surface area is 114 Å². The lowest BCUT2D eigenvalue weighted by molar-refractivity contribution is 0.825. The van der Waals surface area contributed by atoms with Gasteiger partial charge in [-0.1, -0.05) is 60.6 Å². The predicted molar refractivity (Wildman–Crippen MR) is 80.7 cm³/mol. The fraction of sp³-hybridized carbons (Fsp3) is 0.263. The molecular weight excluding hydrogens is 228 g/mol. The number of allylic oxidation sites excluding steroid dienone is 8. The van der Waals surface area contributed by atoms with Gasteiger partial charge in [0.1, 0.15) is 0 Å². The zero-order chi connectivity index (χ0) is 13.0. The van der Waals surface area contributed by atoms with Gasteiger partial charge in [-0.05, 0) is 47.6 Å². The van der Waals surface area contributed by atoms with Crippen molar-refractivity contribution in [3.8, 4) is 0 Å². The van der Waals surface area contributed by atoms with E-state index in [1.807, 2.05) is 0 Å². The fourth-order valence-electron chi connectivity index (χ4n) is 3.73. The van der Waals surface area contributed by atoms with Gasteiger partial charge in [-0.2, -0.15) is 0 Å². The minimum Gasteiger partial charge on any atom is -0.0798 e. The van der Waals surface area contributed by atoms with E-state index in [4.69, 9.17) is 0 Å². The standard InChI is InChI=1S/C19H18/c1-12-6-8-14(9-7-12)16-10-11-18-17-5-3-4-15(17)13(2)19(16)18/h3,5-9,11,13H,4,10H2,1-2H3. The summed E-state index contributed by atoms with van der Waals surface area (Å²) in [4.78, 5) is 0. The number of hydrogen-bond acceptors (Lipinski definition) is 0. The molecule has 0 saturated carbocycles. The number of hydrogen-bond donors (Lipinski definition) is 0. The second kappa shape index (κ2) is 3.84. The molecule has 3 aliphatic rings. The lowest BCUT2D eigenvalue weighted by Crippen LogP contribution is -1.98. The molecule has 0 N–H and O–H groups in total. The molecule has 0 fully saturated rings. The maximum Gasteiger partial charge on any atom is 0.00412 e. The van der Waals surface area contributed by atoms with Crippen molar-refractivity contribution >= 4 is 5.57 Å². The number of fused-ring (bicyclic) bond motifs is 2. The topological polar surface area (TPSA) is 0 Å². The lowest BCUT2D eigenvalue weighted by Gasteiger charge is -2.14. The summed E-state index contributed by atoms with van der Waals surface area (Å²) < 4.78 is 0. The Morgan fingerprint density at radius 3 is 2.63 bits per heavy atom. The molecule has 0 amide bonds. The molecule has 0 spiro atoms. The summed E-state index contributed by atoms with van der Waals surface area (Å²) in [6.45, 7) is 4.52. The summed E-state index contributed by atoms with van der Waals surface area (Å²) in [5, 5.41) is 0. The summed E-state index contributed by atoms with van der Waals surface area (Å²) in [6, 6.07) is 9.00. The largest absolute Gasteiger partial charge is 0.0798 e. The highest BCUT2D eigenvalue weighted by molar-refractivity contribution is 5.84. The van der Waals surface area contributed by atoms with Gasteiger partial charge in [0.25, 0.3) is 0 Å². The van der Waals surface area contributed by atoms with Crippen LogP contribution in [0.5, 0.6) is 0 Å². The molecule has 0 heterocycles. The van der Waals surface area contributed by atoms with Gasteiger partial charge >= 0.3 is 0 Å². The molecule has 0 nitrogen and oxygen atoms in total. The third kappa shape index (κ3) is 1.46. The van der Waals surface area contributed by atoms with Crippen LogP contribution in [0.15, 0.2) is 64.8 Å². The van der Waals surface area contributed by atoms with Gasteiger partial charge in [-0.25, -0.2) is 0 Å². The third-order valence-corrected chi connectivity index (χ3v) is 4.74. The highest BCUT2D eigenvalue weighted by Gasteiger charge is 2.35. The molecule has 1 unspecified atom stereocenters. The van der Waals surface area contributed by atoms with Gasteiger partial charge in [0, 0.05) is 5.92 Å². The Balaban J connectivity index is 1.83. The van der Waals surface area contributed by atoms with Crippen LogP contribution in [0.4, 0.5) is 0 Å². The van der Waals surface area contributed by atoms with E-state index in [0.717, 1.165) is 12.8 Å². The summed E-state index contributed by atoms with van der Waals surface area (Å²) >= 11 is 0. The van der Waals surface area contributed by atoms with E-state index < -0.39 is 0 Å². The van der Waals surface area contributed by atoms with Crippen LogP contribution >= 0.6 is 0 Å².